The minimum atomic E-state index is -1.20. The number of aromatic nitrogens is 3. The van der Waals surface area contributed by atoms with Gasteiger partial charge in [-0.15, -0.1) is 11.3 Å². The van der Waals surface area contributed by atoms with E-state index in [9.17, 15) is 4.79 Å². The number of hydrogen-bond acceptors (Lipinski definition) is 6. The highest BCUT2D eigenvalue weighted by Gasteiger charge is 2.18. The van der Waals surface area contributed by atoms with Gasteiger partial charge in [-0.25, -0.2) is 9.78 Å². The average molecular weight is 225 g/mol. The van der Waals surface area contributed by atoms with Crippen molar-refractivity contribution in [2.45, 2.75) is 13.8 Å². The molecule has 0 bridgehead atoms. The molecule has 0 saturated heterocycles. The maximum atomic E-state index is 10.5. The number of aromatic carboxylic acids is 1. The van der Waals surface area contributed by atoms with E-state index < -0.39 is 5.97 Å². The zero-order chi connectivity index (χ0) is 11.0. The fourth-order valence-electron chi connectivity index (χ4n) is 1.13. The first-order chi connectivity index (χ1) is 7.08. The zero-order valence-electron chi connectivity index (χ0n) is 8.01. The van der Waals surface area contributed by atoms with Crippen LogP contribution in [0.5, 0.6) is 0 Å². The normalized spacial score (nSPS) is 10.5. The van der Waals surface area contributed by atoms with E-state index in [1.54, 1.807) is 0 Å². The third-order valence-corrected chi connectivity index (χ3v) is 2.78. The van der Waals surface area contributed by atoms with Gasteiger partial charge in [-0.3, -0.25) is 0 Å². The van der Waals surface area contributed by atoms with Crippen LogP contribution in [0, 0.1) is 13.8 Å². The standard InChI is InChI=1S/C8H7N3O3S/c1-3-5(15-4(2)9-3)7-10-6(8(12)13)11-14-7/h1-2H3,(H,12,13). The molecule has 0 aliphatic rings. The van der Waals surface area contributed by atoms with E-state index in [2.05, 4.69) is 15.1 Å². The number of hydrogen-bond donors (Lipinski definition) is 1. The van der Waals surface area contributed by atoms with Gasteiger partial charge in [0.2, 0.25) is 0 Å². The van der Waals surface area contributed by atoms with Crippen LogP contribution >= 0.6 is 11.3 Å². The highest BCUT2D eigenvalue weighted by atomic mass is 32.1. The average Bonchev–Trinajstić information content (AvgIpc) is 2.71. The molecule has 78 valence electrons. The Balaban J connectivity index is 2.45. The molecule has 0 saturated carbocycles. The van der Waals surface area contributed by atoms with Crippen LogP contribution in [0.25, 0.3) is 10.8 Å². The molecule has 2 aromatic rings. The summed E-state index contributed by atoms with van der Waals surface area (Å²) in [5.74, 6) is -1.34. The maximum Gasteiger partial charge on any atom is 0.377 e. The fourth-order valence-corrected chi connectivity index (χ4v) is 1.97. The molecule has 0 unspecified atom stereocenters. The summed E-state index contributed by atoms with van der Waals surface area (Å²) < 4.78 is 4.83. The lowest BCUT2D eigenvalue weighted by Crippen LogP contribution is -1.98. The van der Waals surface area contributed by atoms with Crippen LogP contribution in [-0.4, -0.2) is 26.2 Å². The van der Waals surface area contributed by atoms with Crippen molar-refractivity contribution in [3.05, 3.63) is 16.5 Å². The maximum absolute atomic E-state index is 10.5. The van der Waals surface area contributed by atoms with Crippen molar-refractivity contribution >= 4 is 17.3 Å². The van der Waals surface area contributed by atoms with Gasteiger partial charge in [0.05, 0.1) is 10.7 Å². The van der Waals surface area contributed by atoms with Crippen molar-refractivity contribution in [1.29, 1.82) is 0 Å². The third kappa shape index (κ3) is 1.73. The lowest BCUT2D eigenvalue weighted by atomic mass is 10.4. The van der Waals surface area contributed by atoms with Gasteiger partial charge in [0.25, 0.3) is 11.7 Å². The molecule has 2 aromatic heterocycles. The van der Waals surface area contributed by atoms with Crippen molar-refractivity contribution in [2.24, 2.45) is 0 Å². The molecule has 0 aromatic carbocycles. The van der Waals surface area contributed by atoms with Gasteiger partial charge < -0.3 is 9.63 Å². The molecule has 2 rings (SSSR count). The van der Waals surface area contributed by atoms with Gasteiger partial charge in [0.1, 0.15) is 4.88 Å². The van der Waals surface area contributed by atoms with E-state index >= 15 is 0 Å². The minimum Gasteiger partial charge on any atom is -0.475 e. The summed E-state index contributed by atoms with van der Waals surface area (Å²) in [6.07, 6.45) is 0. The predicted molar refractivity (Wildman–Crippen MR) is 51.8 cm³/mol. The van der Waals surface area contributed by atoms with Gasteiger partial charge in [0.15, 0.2) is 0 Å². The summed E-state index contributed by atoms with van der Waals surface area (Å²) in [6.45, 7) is 3.67. The molecule has 6 nitrogen and oxygen atoms in total. The molecule has 0 amide bonds. The van der Waals surface area contributed by atoms with Crippen LogP contribution < -0.4 is 0 Å². The van der Waals surface area contributed by atoms with Crippen LogP contribution in [0.2, 0.25) is 0 Å². The van der Waals surface area contributed by atoms with Gasteiger partial charge in [0, 0.05) is 0 Å². The summed E-state index contributed by atoms with van der Waals surface area (Å²) in [4.78, 5) is 19.2. The predicted octanol–water partition coefficient (Wildman–Crippen LogP) is 1.51. The van der Waals surface area contributed by atoms with Gasteiger partial charge in [-0.2, -0.15) is 4.98 Å². The van der Waals surface area contributed by atoms with Gasteiger partial charge in [-0.05, 0) is 19.0 Å². The van der Waals surface area contributed by atoms with Crippen molar-refractivity contribution in [3.8, 4) is 10.8 Å². The van der Waals surface area contributed by atoms with Crippen molar-refractivity contribution < 1.29 is 14.4 Å². The summed E-state index contributed by atoms with van der Waals surface area (Å²) in [5.41, 5.74) is 0.762. The Labute approximate surface area is 88.6 Å². The monoisotopic (exact) mass is 225 g/mol. The number of rotatable bonds is 2. The number of aryl methyl sites for hydroxylation is 2. The van der Waals surface area contributed by atoms with Crippen LogP contribution in [0.15, 0.2) is 4.52 Å². The Morgan fingerprint density at radius 2 is 2.13 bits per heavy atom. The fraction of sp³-hybridized carbons (Fsp3) is 0.250. The second kappa shape index (κ2) is 3.43. The van der Waals surface area contributed by atoms with E-state index in [0.29, 0.717) is 4.88 Å². The van der Waals surface area contributed by atoms with Crippen molar-refractivity contribution in [3.63, 3.8) is 0 Å². The smallest absolute Gasteiger partial charge is 0.377 e. The summed E-state index contributed by atoms with van der Waals surface area (Å²) in [6, 6.07) is 0. The summed E-state index contributed by atoms with van der Waals surface area (Å²) in [7, 11) is 0. The molecule has 0 fully saturated rings. The lowest BCUT2D eigenvalue weighted by molar-refractivity contribution is 0.0680. The van der Waals surface area contributed by atoms with E-state index in [1.807, 2.05) is 13.8 Å². The van der Waals surface area contributed by atoms with Crippen LogP contribution in [0.3, 0.4) is 0 Å². The molecular weight excluding hydrogens is 218 g/mol. The van der Waals surface area contributed by atoms with Gasteiger partial charge in [-0.1, -0.05) is 0 Å². The first-order valence-electron chi connectivity index (χ1n) is 4.09. The number of carbonyl (C=O) groups is 1. The first kappa shape index (κ1) is 9.78. The van der Waals surface area contributed by atoms with Crippen LogP contribution in [0.4, 0.5) is 0 Å². The Hall–Kier alpha value is -1.76. The molecule has 7 heteroatoms. The Morgan fingerprint density at radius 1 is 1.40 bits per heavy atom. The molecule has 0 spiro atoms. The molecule has 1 N–H and O–H groups in total. The Morgan fingerprint density at radius 3 is 2.60 bits per heavy atom. The second-order valence-electron chi connectivity index (χ2n) is 2.88. The molecular formula is C8H7N3O3S. The van der Waals surface area contributed by atoms with Crippen LogP contribution in [0.1, 0.15) is 21.3 Å². The van der Waals surface area contributed by atoms with E-state index in [0.717, 1.165) is 10.7 Å². The Bertz CT molecular complexity index is 517. The van der Waals surface area contributed by atoms with E-state index in [-0.39, 0.29) is 11.7 Å². The van der Waals surface area contributed by atoms with Crippen molar-refractivity contribution in [2.75, 3.05) is 0 Å². The molecule has 0 aliphatic carbocycles. The summed E-state index contributed by atoms with van der Waals surface area (Å²) in [5, 5.41) is 12.8. The zero-order valence-corrected chi connectivity index (χ0v) is 8.83. The molecule has 0 aliphatic heterocycles. The lowest BCUT2D eigenvalue weighted by Gasteiger charge is -1.86. The first-order valence-corrected chi connectivity index (χ1v) is 4.91. The largest absolute Gasteiger partial charge is 0.475 e. The van der Waals surface area contributed by atoms with E-state index in [4.69, 9.17) is 9.63 Å². The third-order valence-electron chi connectivity index (χ3n) is 1.72. The van der Waals surface area contributed by atoms with Crippen LogP contribution in [-0.2, 0) is 0 Å². The molecule has 0 radical (unpaired) electrons. The summed E-state index contributed by atoms with van der Waals surface area (Å²) >= 11 is 1.39. The number of carboxylic acids is 1. The molecule has 2 heterocycles. The SMILES string of the molecule is Cc1nc(C)c(-c2nc(C(=O)O)no2)s1. The number of carboxylic acid groups (broad SMARTS) is 1. The number of nitrogens with zero attached hydrogens (tertiary/aromatic N) is 3. The minimum absolute atomic E-state index is 0.204. The highest BCUT2D eigenvalue weighted by molar-refractivity contribution is 7.15. The van der Waals surface area contributed by atoms with Crippen molar-refractivity contribution in [1.82, 2.24) is 15.1 Å². The quantitative estimate of drug-likeness (QED) is 0.833. The van der Waals surface area contributed by atoms with E-state index in [1.165, 1.54) is 11.3 Å². The highest BCUT2D eigenvalue weighted by Crippen LogP contribution is 2.27. The second-order valence-corrected chi connectivity index (χ2v) is 4.08. The molecule has 0 atom stereocenters. The topological polar surface area (TPSA) is 89.1 Å². The molecule has 15 heavy (non-hydrogen) atoms. The Kier molecular flexibility index (Phi) is 2.24. The number of thiazole rings is 1. The van der Waals surface area contributed by atoms with Gasteiger partial charge >= 0.3 is 5.97 Å².